The molecule has 0 fully saturated rings. The molecule has 0 saturated carbocycles. The molecule has 3 rings (SSSR count). The lowest BCUT2D eigenvalue weighted by molar-refractivity contribution is 0.102. The molecule has 2 aromatic carbocycles. The highest BCUT2D eigenvalue weighted by atomic mass is 35.5. The lowest BCUT2D eigenvalue weighted by atomic mass is 10.1. The maximum Gasteiger partial charge on any atom is 0.261 e. The molecule has 7 heteroatoms. The number of aryl methyl sites for hydroxylation is 2. The molecule has 4 nitrogen and oxygen atoms in total. The minimum absolute atomic E-state index is 0.0719. The number of benzene rings is 2. The molecule has 1 amide bonds. The number of carbonyl (C=O) groups excluding carboxylic acids is 1. The number of hydrogen-bond donors (Lipinski definition) is 1. The average molecular weight is 450 g/mol. The Balaban J connectivity index is 1.91. The predicted molar refractivity (Wildman–Crippen MR) is 120 cm³/mol. The second-order valence-electron chi connectivity index (χ2n) is 6.69. The molecule has 0 atom stereocenters. The zero-order valence-corrected chi connectivity index (χ0v) is 18.2. The van der Waals surface area contributed by atoms with E-state index in [1.807, 2.05) is 35.8 Å². The van der Waals surface area contributed by atoms with E-state index in [2.05, 4.69) is 5.32 Å². The highest BCUT2D eigenvalue weighted by Gasteiger charge is 2.19. The van der Waals surface area contributed by atoms with Gasteiger partial charge in [-0.1, -0.05) is 53.0 Å². The lowest BCUT2D eigenvalue weighted by Crippen LogP contribution is -2.27. The summed E-state index contributed by atoms with van der Waals surface area (Å²) in [5.41, 5.74) is 2.50. The van der Waals surface area contributed by atoms with E-state index in [0.29, 0.717) is 27.3 Å². The van der Waals surface area contributed by atoms with E-state index < -0.39 is 5.91 Å². The number of carbonyl (C=O) groups is 1. The Bertz CT molecular complexity index is 1100. The number of pyridine rings is 1. The maximum absolute atomic E-state index is 12.9. The molecule has 150 valence electrons. The van der Waals surface area contributed by atoms with E-state index in [0.717, 1.165) is 17.7 Å². The number of anilines is 1. The van der Waals surface area contributed by atoms with Gasteiger partial charge in [-0.15, -0.1) is 0 Å². The average Bonchev–Trinajstić information content (AvgIpc) is 2.66. The number of halogens is 3. The molecule has 3 aromatic rings. The Morgan fingerprint density at radius 1 is 1.00 bits per heavy atom. The smallest absolute Gasteiger partial charge is 0.261 e. The van der Waals surface area contributed by atoms with E-state index in [-0.39, 0.29) is 16.7 Å². The van der Waals surface area contributed by atoms with Crippen LogP contribution in [0.15, 0.2) is 53.3 Å². The number of nitrogens with zero attached hydrogens (tertiary/aromatic N) is 1. The summed E-state index contributed by atoms with van der Waals surface area (Å²) in [6.07, 6.45) is 0.735. The van der Waals surface area contributed by atoms with E-state index in [1.54, 1.807) is 25.1 Å². The fourth-order valence-corrected chi connectivity index (χ4v) is 3.84. The fraction of sp³-hybridized carbons (Fsp3) is 0.182. The van der Waals surface area contributed by atoms with Gasteiger partial charge in [-0.3, -0.25) is 9.59 Å². The number of hydrogen-bond acceptors (Lipinski definition) is 2. The summed E-state index contributed by atoms with van der Waals surface area (Å²) in [5.74, 6) is -0.539. The van der Waals surface area contributed by atoms with Crippen molar-refractivity contribution in [1.29, 1.82) is 0 Å². The SMILES string of the molecule is Cc1cc(=O)c(C(=O)Nc2c(Cl)cccc2Cl)c(C)n1CCc1ccc(Cl)cc1. The molecular weight excluding hydrogens is 431 g/mol. The van der Waals surface area contributed by atoms with Crippen molar-refractivity contribution in [2.75, 3.05) is 5.32 Å². The minimum Gasteiger partial charge on any atom is -0.348 e. The molecule has 29 heavy (non-hydrogen) atoms. The van der Waals surface area contributed by atoms with Gasteiger partial charge >= 0.3 is 0 Å². The van der Waals surface area contributed by atoms with Crippen LogP contribution in [-0.4, -0.2) is 10.5 Å². The largest absolute Gasteiger partial charge is 0.348 e. The van der Waals surface area contributed by atoms with Crippen LogP contribution < -0.4 is 10.7 Å². The number of amides is 1. The van der Waals surface area contributed by atoms with E-state index in [9.17, 15) is 9.59 Å². The Kier molecular flexibility index (Phi) is 6.68. The van der Waals surface area contributed by atoms with Crippen LogP contribution >= 0.6 is 34.8 Å². The lowest BCUT2D eigenvalue weighted by Gasteiger charge is -2.18. The van der Waals surface area contributed by atoms with E-state index in [4.69, 9.17) is 34.8 Å². The Hall–Kier alpha value is -2.27. The summed E-state index contributed by atoms with van der Waals surface area (Å²) in [7, 11) is 0. The van der Waals surface area contributed by atoms with Crippen LogP contribution in [0.3, 0.4) is 0 Å². The van der Waals surface area contributed by atoms with Gasteiger partial charge in [0.1, 0.15) is 5.56 Å². The molecule has 1 aromatic heterocycles. The van der Waals surface area contributed by atoms with Crippen LogP contribution in [0.1, 0.15) is 27.3 Å². The van der Waals surface area contributed by atoms with Crippen molar-refractivity contribution in [2.45, 2.75) is 26.8 Å². The summed E-state index contributed by atoms with van der Waals surface area (Å²) >= 11 is 18.2. The van der Waals surface area contributed by atoms with Gasteiger partial charge in [-0.25, -0.2) is 0 Å². The number of nitrogens with one attached hydrogen (secondary N) is 1. The molecule has 0 aliphatic heterocycles. The van der Waals surface area contributed by atoms with Crippen molar-refractivity contribution < 1.29 is 4.79 Å². The molecule has 0 radical (unpaired) electrons. The molecule has 1 N–H and O–H groups in total. The third-order valence-electron chi connectivity index (χ3n) is 4.74. The molecule has 0 aliphatic carbocycles. The standard InChI is InChI=1S/C22H19Cl3N2O2/c1-13-12-19(28)20(22(29)26-21-17(24)4-3-5-18(21)25)14(2)27(13)11-10-15-6-8-16(23)9-7-15/h3-9,12H,10-11H2,1-2H3,(H,26,29). The van der Waals surface area contributed by atoms with Gasteiger partial charge in [0.15, 0.2) is 5.43 Å². The second kappa shape index (κ2) is 9.04. The molecular formula is C22H19Cl3N2O2. The minimum atomic E-state index is -0.539. The number of aromatic nitrogens is 1. The van der Waals surface area contributed by atoms with Crippen molar-refractivity contribution in [1.82, 2.24) is 4.57 Å². The summed E-state index contributed by atoms with van der Waals surface area (Å²) < 4.78 is 1.96. The summed E-state index contributed by atoms with van der Waals surface area (Å²) in [4.78, 5) is 25.5. The van der Waals surface area contributed by atoms with Gasteiger partial charge in [0.25, 0.3) is 5.91 Å². The topological polar surface area (TPSA) is 51.1 Å². The molecule has 0 unspecified atom stereocenters. The van der Waals surface area contributed by atoms with Crippen molar-refractivity contribution in [3.63, 3.8) is 0 Å². The quantitative estimate of drug-likeness (QED) is 0.525. The third-order valence-corrected chi connectivity index (χ3v) is 5.63. The molecule has 0 spiro atoms. The van der Waals surface area contributed by atoms with Crippen molar-refractivity contribution in [2.24, 2.45) is 0 Å². The third kappa shape index (κ3) is 4.84. The summed E-state index contributed by atoms with van der Waals surface area (Å²) in [5, 5.41) is 3.96. The fourth-order valence-electron chi connectivity index (χ4n) is 3.22. The van der Waals surface area contributed by atoms with Crippen LogP contribution in [-0.2, 0) is 13.0 Å². The highest BCUT2D eigenvalue weighted by Crippen LogP contribution is 2.30. The number of para-hydroxylation sites is 1. The Labute approximate surface area is 184 Å². The van der Waals surface area contributed by atoms with Crippen LogP contribution in [0.2, 0.25) is 15.1 Å². The summed E-state index contributed by atoms with van der Waals surface area (Å²) in [6.45, 7) is 4.23. The first-order valence-corrected chi connectivity index (χ1v) is 10.1. The van der Waals surface area contributed by atoms with E-state index in [1.165, 1.54) is 6.07 Å². The molecule has 0 bridgehead atoms. The molecule has 0 aliphatic rings. The predicted octanol–water partition coefficient (Wildman–Crippen LogP) is 5.92. The monoisotopic (exact) mass is 448 g/mol. The van der Waals surface area contributed by atoms with Gasteiger partial charge in [0.2, 0.25) is 0 Å². The second-order valence-corrected chi connectivity index (χ2v) is 7.94. The summed E-state index contributed by atoms with van der Waals surface area (Å²) in [6, 6.07) is 14.0. The molecule has 1 heterocycles. The van der Waals surface area contributed by atoms with Crippen LogP contribution in [0.4, 0.5) is 5.69 Å². The highest BCUT2D eigenvalue weighted by molar-refractivity contribution is 6.40. The van der Waals surface area contributed by atoms with E-state index >= 15 is 0 Å². The first-order chi connectivity index (χ1) is 13.8. The van der Waals surface area contributed by atoms with Crippen LogP contribution in [0.5, 0.6) is 0 Å². The number of rotatable bonds is 5. The normalized spacial score (nSPS) is 10.8. The zero-order valence-electron chi connectivity index (χ0n) is 15.9. The molecule has 0 saturated heterocycles. The Morgan fingerprint density at radius 2 is 1.62 bits per heavy atom. The van der Waals surface area contributed by atoms with Gasteiger partial charge in [0.05, 0.1) is 15.7 Å². The van der Waals surface area contributed by atoms with Gasteiger partial charge in [0, 0.05) is 29.0 Å². The van der Waals surface area contributed by atoms with Crippen LogP contribution in [0, 0.1) is 13.8 Å². The maximum atomic E-state index is 12.9. The first kappa shape index (κ1) is 21.4. The Morgan fingerprint density at radius 3 is 2.24 bits per heavy atom. The zero-order chi connectivity index (χ0) is 21.1. The van der Waals surface area contributed by atoms with Crippen molar-refractivity contribution in [3.8, 4) is 0 Å². The van der Waals surface area contributed by atoms with Crippen molar-refractivity contribution >= 4 is 46.4 Å². The van der Waals surface area contributed by atoms with Gasteiger partial charge in [-0.05, 0) is 50.1 Å². The van der Waals surface area contributed by atoms with Crippen molar-refractivity contribution in [3.05, 3.63) is 96.3 Å². The van der Waals surface area contributed by atoms with Gasteiger partial charge in [-0.2, -0.15) is 0 Å². The van der Waals surface area contributed by atoms with Gasteiger partial charge < -0.3 is 9.88 Å². The first-order valence-electron chi connectivity index (χ1n) is 8.98. The van der Waals surface area contributed by atoms with Crippen LogP contribution in [0.25, 0.3) is 0 Å².